The van der Waals surface area contributed by atoms with Crippen molar-refractivity contribution in [1.82, 2.24) is 10.2 Å². The monoisotopic (exact) mass is 186 g/mol. The van der Waals surface area contributed by atoms with Crippen LogP contribution < -0.4 is 5.32 Å². The van der Waals surface area contributed by atoms with Crippen molar-refractivity contribution in [3.05, 3.63) is 0 Å². The highest BCUT2D eigenvalue weighted by Gasteiger charge is 2.26. The van der Waals surface area contributed by atoms with E-state index in [4.69, 9.17) is 4.74 Å². The molecule has 0 saturated carbocycles. The Hall–Kier alpha value is -0.120. The number of morpholine rings is 1. The van der Waals surface area contributed by atoms with Gasteiger partial charge < -0.3 is 10.1 Å². The summed E-state index contributed by atoms with van der Waals surface area (Å²) in [5.41, 5.74) is 0.0461. The van der Waals surface area contributed by atoms with Crippen LogP contribution in [-0.4, -0.2) is 49.8 Å². The Morgan fingerprint density at radius 1 is 1.46 bits per heavy atom. The summed E-state index contributed by atoms with van der Waals surface area (Å²) in [4.78, 5) is 2.46. The summed E-state index contributed by atoms with van der Waals surface area (Å²) in [6.45, 7) is 12.8. The molecule has 3 heteroatoms. The number of nitrogens with zero attached hydrogens (tertiary/aromatic N) is 1. The molecule has 1 aliphatic rings. The molecule has 13 heavy (non-hydrogen) atoms. The van der Waals surface area contributed by atoms with E-state index in [0.717, 1.165) is 39.3 Å². The van der Waals surface area contributed by atoms with Gasteiger partial charge in [0.2, 0.25) is 0 Å². The fourth-order valence-electron chi connectivity index (χ4n) is 1.72. The van der Waals surface area contributed by atoms with Crippen LogP contribution in [0, 0.1) is 0 Å². The minimum absolute atomic E-state index is 0.0461. The molecule has 0 bridgehead atoms. The van der Waals surface area contributed by atoms with Crippen molar-refractivity contribution in [3.63, 3.8) is 0 Å². The summed E-state index contributed by atoms with van der Waals surface area (Å²) < 4.78 is 5.64. The molecular formula is C10H22N2O. The molecule has 3 nitrogen and oxygen atoms in total. The second-order valence-electron chi connectivity index (χ2n) is 4.24. The van der Waals surface area contributed by atoms with E-state index in [-0.39, 0.29) is 5.60 Å². The van der Waals surface area contributed by atoms with Crippen LogP contribution in [0.15, 0.2) is 0 Å². The molecule has 0 atom stereocenters. The molecule has 1 N–H and O–H groups in total. The van der Waals surface area contributed by atoms with Crippen molar-refractivity contribution in [1.29, 1.82) is 0 Å². The van der Waals surface area contributed by atoms with E-state index >= 15 is 0 Å². The smallest absolute Gasteiger partial charge is 0.0753 e. The molecule has 1 heterocycles. The lowest BCUT2D eigenvalue weighted by molar-refractivity contribution is -0.0854. The highest BCUT2D eigenvalue weighted by molar-refractivity contribution is 4.79. The lowest BCUT2D eigenvalue weighted by atomic mass is 10.1. The number of rotatable bonds is 4. The zero-order valence-corrected chi connectivity index (χ0v) is 9.10. The van der Waals surface area contributed by atoms with Gasteiger partial charge in [-0.2, -0.15) is 0 Å². The molecule has 0 aliphatic carbocycles. The van der Waals surface area contributed by atoms with Crippen LogP contribution in [0.3, 0.4) is 0 Å². The van der Waals surface area contributed by atoms with Crippen molar-refractivity contribution >= 4 is 0 Å². The minimum Gasteiger partial charge on any atom is -0.373 e. The lowest BCUT2D eigenvalue weighted by Gasteiger charge is -2.38. The molecule has 1 rings (SSSR count). The van der Waals surface area contributed by atoms with Gasteiger partial charge in [0.15, 0.2) is 0 Å². The van der Waals surface area contributed by atoms with Crippen LogP contribution in [0.5, 0.6) is 0 Å². The number of likely N-dealkylation sites (N-methyl/N-ethyl adjacent to an activating group) is 1. The van der Waals surface area contributed by atoms with Crippen LogP contribution in [-0.2, 0) is 4.74 Å². The van der Waals surface area contributed by atoms with E-state index in [2.05, 4.69) is 31.0 Å². The SMILES string of the molecule is CCNCCN1CCOC(C)(C)C1. The summed E-state index contributed by atoms with van der Waals surface area (Å²) in [5, 5.41) is 3.34. The molecule has 0 spiro atoms. The summed E-state index contributed by atoms with van der Waals surface area (Å²) in [5.74, 6) is 0. The van der Waals surface area contributed by atoms with Crippen molar-refractivity contribution in [2.45, 2.75) is 26.4 Å². The highest BCUT2D eigenvalue weighted by Crippen LogP contribution is 2.15. The Labute approximate surface area is 81.4 Å². The first kappa shape index (κ1) is 11.0. The van der Waals surface area contributed by atoms with E-state index in [1.807, 2.05) is 0 Å². The standard InChI is InChI=1S/C10H22N2O/c1-4-11-5-6-12-7-8-13-10(2,3)9-12/h11H,4-9H2,1-3H3. The van der Waals surface area contributed by atoms with Gasteiger partial charge in [-0.15, -0.1) is 0 Å². The van der Waals surface area contributed by atoms with E-state index < -0.39 is 0 Å². The predicted molar refractivity (Wildman–Crippen MR) is 55.0 cm³/mol. The summed E-state index contributed by atoms with van der Waals surface area (Å²) in [7, 11) is 0. The maximum Gasteiger partial charge on any atom is 0.0753 e. The van der Waals surface area contributed by atoms with Gasteiger partial charge in [-0.1, -0.05) is 6.92 Å². The van der Waals surface area contributed by atoms with Gasteiger partial charge in [-0.05, 0) is 20.4 Å². The Morgan fingerprint density at radius 2 is 2.23 bits per heavy atom. The number of hydrogen-bond donors (Lipinski definition) is 1. The number of nitrogens with one attached hydrogen (secondary N) is 1. The zero-order chi connectivity index (χ0) is 9.73. The molecule has 78 valence electrons. The van der Waals surface area contributed by atoms with Crippen LogP contribution in [0.1, 0.15) is 20.8 Å². The molecule has 0 aromatic carbocycles. The van der Waals surface area contributed by atoms with Gasteiger partial charge in [0.1, 0.15) is 0 Å². The van der Waals surface area contributed by atoms with Crippen molar-refractivity contribution in [2.24, 2.45) is 0 Å². The molecule has 0 aromatic rings. The predicted octanol–water partition coefficient (Wildman–Crippen LogP) is 0.707. The summed E-state index contributed by atoms with van der Waals surface area (Å²) >= 11 is 0. The Morgan fingerprint density at radius 3 is 2.85 bits per heavy atom. The molecule has 0 amide bonds. The van der Waals surface area contributed by atoms with Gasteiger partial charge >= 0.3 is 0 Å². The minimum atomic E-state index is 0.0461. The van der Waals surface area contributed by atoms with Crippen molar-refractivity contribution < 1.29 is 4.74 Å². The average Bonchev–Trinajstić information content (AvgIpc) is 2.03. The topological polar surface area (TPSA) is 24.5 Å². The molecule has 0 aromatic heterocycles. The van der Waals surface area contributed by atoms with E-state index in [0.29, 0.717) is 0 Å². The second-order valence-corrected chi connectivity index (χ2v) is 4.24. The third-order valence-corrected chi connectivity index (χ3v) is 2.36. The Kier molecular flexibility index (Phi) is 4.16. The van der Waals surface area contributed by atoms with Gasteiger partial charge in [-0.25, -0.2) is 0 Å². The first-order valence-electron chi connectivity index (χ1n) is 5.21. The van der Waals surface area contributed by atoms with Crippen LogP contribution in [0.25, 0.3) is 0 Å². The first-order valence-corrected chi connectivity index (χ1v) is 5.21. The summed E-state index contributed by atoms with van der Waals surface area (Å²) in [6, 6.07) is 0. The fourth-order valence-corrected chi connectivity index (χ4v) is 1.72. The lowest BCUT2D eigenvalue weighted by Crippen LogP contribution is -2.49. The second kappa shape index (κ2) is 4.94. The average molecular weight is 186 g/mol. The third kappa shape index (κ3) is 4.07. The fraction of sp³-hybridized carbons (Fsp3) is 1.00. The number of ether oxygens (including phenoxy) is 1. The van der Waals surface area contributed by atoms with E-state index in [1.165, 1.54) is 0 Å². The molecule has 0 radical (unpaired) electrons. The largest absolute Gasteiger partial charge is 0.373 e. The van der Waals surface area contributed by atoms with Crippen LogP contribution in [0.2, 0.25) is 0 Å². The van der Waals surface area contributed by atoms with Gasteiger partial charge in [0, 0.05) is 26.2 Å². The molecule has 1 saturated heterocycles. The van der Waals surface area contributed by atoms with E-state index in [1.54, 1.807) is 0 Å². The molecule has 1 aliphatic heterocycles. The Bertz CT molecular complexity index is 148. The molecule has 1 fully saturated rings. The van der Waals surface area contributed by atoms with Gasteiger partial charge in [-0.3, -0.25) is 4.90 Å². The van der Waals surface area contributed by atoms with Crippen LogP contribution in [0.4, 0.5) is 0 Å². The normalized spacial score (nSPS) is 23.3. The maximum absolute atomic E-state index is 5.64. The molecule has 0 unspecified atom stereocenters. The van der Waals surface area contributed by atoms with Crippen molar-refractivity contribution in [3.8, 4) is 0 Å². The highest BCUT2D eigenvalue weighted by atomic mass is 16.5. The number of hydrogen-bond acceptors (Lipinski definition) is 3. The zero-order valence-electron chi connectivity index (χ0n) is 9.10. The molecular weight excluding hydrogens is 164 g/mol. The maximum atomic E-state index is 5.64. The van der Waals surface area contributed by atoms with Crippen molar-refractivity contribution in [2.75, 3.05) is 39.3 Å². The first-order chi connectivity index (χ1) is 6.14. The van der Waals surface area contributed by atoms with E-state index in [9.17, 15) is 0 Å². The Balaban J connectivity index is 2.19. The summed E-state index contributed by atoms with van der Waals surface area (Å²) in [6.07, 6.45) is 0. The van der Waals surface area contributed by atoms with Crippen LogP contribution >= 0.6 is 0 Å². The van der Waals surface area contributed by atoms with Gasteiger partial charge in [0.25, 0.3) is 0 Å². The van der Waals surface area contributed by atoms with Gasteiger partial charge in [0.05, 0.1) is 12.2 Å². The quantitative estimate of drug-likeness (QED) is 0.654. The third-order valence-electron chi connectivity index (χ3n) is 2.36.